The van der Waals surface area contributed by atoms with Gasteiger partial charge in [-0.2, -0.15) is 0 Å². The molecule has 0 aliphatic carbocycles. The minimum absolute atomic E-state index is 0.0621. The Bertz CT molecular complexity index is 1510. The average Bonchev–Trinajstić information content (AvgIpc) is 3.53. The number of benzene rings is 1. The van der Waals surface area contributed by atoms with Crippen molar-refractivity contribution in [3.63, 3.8) is 0 Å². The summed E-state index contributed by atoms with van der Waals surface area (Å²) in [5, 5.41) is 0. The van der Waals surface area contributed by atoms with Gasteiger partial charge in [-0.15, -0.1) is 0 Å². The second-order valence-corrected chi connectivity index (χ2v) is 11.0. The first-order chi connectivity index (χ1) is 19.5. The Hall–Kier alpha value is -4.61. The second-order valence-electron chi connectivity index (χ2n) is 11.0. The third-order valence-corrected chi connectivity index (χ3v) is 7.03. The van der Waals surface area contributed by atoms with Crippen LogP contribution in [0, 0.1) is 0 Å². The number of imide groups is 1. The molecule has 4 heterocycles. The summed E-state index contributed by atoms with van der Waals surface area (Å²) in [5.74, 6) is 1.98. The van der Waals surface area contributed by atoms with Crippen molar-refractivity contribution in [3.05, 3.63) is 53.3 Å². The van der Waals surface area contributed by atoms with Crippen LogP contribution in [0.15, 0.2) is 36.5 Å². The summed E-state index contributed by atoms with van der Waals surface area (Å²) in [6, 6.07) is 8.61. The SMILES string of the molecule is COc1ccc(CN2C(=O)CCN(c3cnc(-c4ccc5c(n4)CN(C(=O)OC(C)(C)C)C5)n3C)C2=O)c(OC)c1. The number of ether oxygens (including phenoxy) is 3. The molecule has 216 valence electrons. The highest BCUT2D eigenvalue weighted by Gasteiger charge is 2.35. The third kappa shape index (κ3) is 5.54. The number of pyridine rings is 1. The zero-order valence-corrected chi connectivity index (χ0v) is 24.1. The van der Waals surface area contributed by atoms with Gasteiger partial charge >= 0.3 is 12.1 Å². The van der Waals surface area contributed by atoms with Crippen LogP contribution in [0.4, 0.5) is 15.4 Å². The minimum Gasteiger partial charge on any atom is -0.497 e. The van der Waals surface area contributed by atoms with Crippen molar-refractivity contribution in [2.75, 3.05) is 25.7 Å². The number of urea groups is 1. The highest BCUT2D eigenvalue weighted by molar-refractivity contribution is 6.05. The topological polar surface area (TPSA) is 119 Å². The molecule has 4 amide bonds. The first-order valence-electron chi connectivity index (χ1n) is 13.3. The molecule has 1 saturated heterocycles. The summed E-state index contributed by atoms with van der Waals surface area (Å²) >= 11 is 0. The number of methoxy groups -OCH3 is 2. The molecule has 0 saturated carbocycles. The molecule has 2 aromatic heterocycles. The molecule has 0 bridgehead atoms. The lowest BCUT2D eigenvalue weighted by Crippen LogP contribution is -2.52. The summed E-state index contributed by atoms with van der Waals surface area (Å²) in [4.78, 5) is 52.7. The van der Waals surface area contributed by atoms with E-state index in [9.17, 15) is 14.4 Å². The van der Waals surface area contributed by atoms with Crippen molar-refractivity contribution in [1.82, 2.24) is 24.3 Å². The summed E-state index contributed by atoms with van der Waals surface area (Å²) in [7, 11) is 4.90. The van der Waals surface area contributed by atoms with Crippen molar-refractivity contribution < 1.29 is 28.6 Å². The van der Waals surface area contributed by atoms with Gasteiger partial charge in [0, 0.05) is 31.6 Å². The molecule has 2 aliphatic heterocycles. The van der Waals surface area contributed by atoms with Crippen LogP contribution in [0.3, 0.4) is 0 Å². The molecule has 1 fully saturated rings. The lowest BCUT2D eigenvalue weighted by atomic mass is 10.1. The van der Waals surface area contributed by atoms with Gasteiger partial charge in [-0.05, 0) is 44.5 Å². The van der Waals surface area contributed by atoms with E-state index < -0.39 is 11.6 Å². The van der Waals surface area contributed by atoms with E-state index in [1.807, 2.05) is 32.9 Å². The zero-order valence-electron chi connectivity index (χ0n) is 24.1. The molecule has 12 nitrogen and oxygen atoms in total. The fraction of sp³-hybridized carbons (Fsp3) is 0.414. The Labute approximate surface area is 238 Å². The molecule has 12 heteroatoms. The number of nitrogens with zero attached hydrogens (tertiary/aromatic N) is 6. The van der Waals surface area contributed by atoms with Gasteiger partial charge in [0.05, 0.1) is 45.7 Å². The largest absolute Gasteiger partial charge is 0.497 e. The normalized spacial score (nSPS) is 15.3. The van der Waals surface area contributed by atoms with Crippen LogP contribution in [-0.2, 0) is 36.2 Å². The fourth-order valence-electron chi connectivity index (χ4n) is 4.93. The third-order valence-electron chi connectivity index (χ3n) is 7.03. The van der Waals surface area contributed by atoms with Crippen LogP contribution in [0.2, 0.25) is 0 Å². The smallest absolute Gasteiger partial charge is 0.410 e. The highest BCUT2D eigenvalue weighted by Crippen LogP contribution is 2.31. The molecular formula is C29H34N6O6. The molecule has 0 atom stereocenters. The van der Waals surface area contributed by atoms with Gasteiger partial charge in [-0.25, -0.2) is 19.6 Å². The Balaban J connectivity index is 1.35. The number of amides is 4. The molecule has 2 aliphatic rings. The molecular weight excluding hydrogens is 528 g/mol. The van der Waals surface area contributed by atoms with Crippen LogP contribution in [0.5, 0.6) is 11.5 Å². The highest BCUT2D eigenvalue weighted by atomic mass is 16.6. The van der Waals surface area contributed by atoms with Crippen LogP contribution < -0.4 is 14.4 Å². The number of rotatable bonds is 6. The molecule has 0 radical (unpaired) electrons. The summed E-state index contributed by atoms with van der Waals surface area (Å²) < 4.78 is 18.0. The Morgan fingerprint density at radius 2 is 1.83 bits per heavy atom. The van der Waals surface area contributed by atoms with Crippen LogP contribution in [-0.4, -0.2) is 68.7 Å². The van der Waals surface area contributed by atoms with E-state index in [0.29, 0.717) is 47.5 Å². The Kier molecular flexibility index (Phi) is 7.33. The maximum Gasteiger partial charge on any atom is 0.410 e. The van der Waals surface area contributed by atoms with Crippen molar-refractivity contribution in [2.24, 2.45) is 7.05 Å². The van der Waals surface area contributed by atoms with E-state index in [1.165, 1.54) is 12.0 Å². The number of hydrogen-bond acceptors (Lipinski definition) is 8. The van der Waals surface area contributed by atoms with Crippen LogP contribution >= 0.6 is 0 Å². The van der Waals surface area contributed by atoms with E-state index in [1.54, 1.807) is 52.9 Å². The number of carbonyl (C=O) groups excluding carboxylic acids is 3. The number of anilines is 1. The van der Waals surface area contributed by atoms with Crippen LogP contribution in [0.1, 0.15) is 44.0 Å². The van der Waals surface area contributed by atoms with Crippen molar-refractivity contribution in [1.29, 1.82) is 0 Å². The van der Waals surface area contributed by atoms with Gasteiger partial charge in [0.25, 0.3) is 0 Å². The Morgan fingerprint density at radius 1 is 1.05 bits per heavy atom. The first-order valence-corrected chi connectivity index (χ1v) is 13.3. The number of hydrogen-bond donors (Lipinski definition) is 0. The van der Waals surface area contributed by atoms with Gasteiger partial charge in [-0.3, -0.25) is 19.5 Å². The molecule has 41 heavy (non-hydrogen) atoms. The van der Waals surface area contributed by atoms with Gasteiger partial charge in [0.15, 0.2) is 5.82 Å². The zero-order chi connectivity index (χ0) is 29.5. The second kappa shape index (κ2) is 10.8. The minimum atomic E-state index is -0.583. The summed E-state index contributed by atoms with van der Waals surface area (Å²) in [6.45, 7) is 6.56. The maximum absolute atomic E-state index is 13.6. The fourth-order valence-corrected chi connectivity index (χ4v) is 4.93. The monoisotopic (exact) mass is 562 g/mol. The summed E-state index contributed by atoms with van der Waals surface area (Å²) in [5.41, 5.74) is 2.44. The first kappa shape index (κ1) is 27.9. The number of fused-ring (bicyclic) bond motifs is 1. The van der Waals surface area contributed by atoms with Crippen molar-refractivity contribution in [3.8, 4) is 23.0 Å². The van der Waals surface area contributed by atoms with E-state index in [0.717, 1.165) is 11.3 Å². The van der Waals surface area contributed by atoms with E-state index in [-0.39, 0.29) is 31.5 Å². The Morgan fingerprint density at radius 3 is 2.54 bits per heavy atom. The number of aromatic nitrogens is 3. The van der Waals surface area contributed by atoms with E-state index in [2.05, 4.69) is 4.98 Å². The molecule has 0 N–H and O–H groups in total. The van der Waals surface area contributed by atoms with Gasteiger partial charge < -0.3 is 18.8 Å². The van der Waals surface area contributed by atoms with E-state index in [4.69, 9.17) is 19.2 Å². The van der Waals surface area contributed by atoms with Crippen LogP contribution in [0.25, 0.3) is 11.5 Å². The molecule has 3 aromatic rings. The van der Waals surface area contributed by atoms with Gasteiger partial charge in [-0.1, -0.05) is 6.07 Å². The molecule has 0 unspecified atom stereocenters. The molecule has 0 spiro atoms. The van der Waals surface area contributed by atoms with Crippen molar-refractivity contribution >= 4 is 23.8 Å². The maximum atomic E-state index is 13.6. The number of carbonyl (C=O) groups is 3. The molecule has 1 aromatic carbocycles. The molecule has 5 rings (SSSR count). The standard InChI is InChI=1S/C29H34N6O6/c1-29(2,3)41-28(38)33-15-18-8-10-21(31-22(18)17-33)26-30-14-24(32(26)4)34-12-11-25(36)35(27(34)37)16-19-7-9-20(39-5)13-23(19)40-6/h7-10,13-14H,11-12,15-17H2,1-6H3. The number of imidazole rings is 1. The lowest BCUT2D eigenvalue weighted by Gasteiger charge is -2.34. The predicted octanol–water partition coefficient (Wildman–Crippen LogP) is 4.11. The van der Waals surface area contributed by atoms with Gasteiger partial charge in [0.1, 0.15) is 28.6 Å². The average molecular weight is 563 g/mol. The summed E-state index contributed by atoms with van der Waals surface area (Å²) in [6.07, 6.45) is 1.39. The van der Waals surface area contributed by atoms with E-state index >= 15 is 0 Å². The quantitative estimate of drug-likeness (QED) is 0.440. The van der Waals surface area contributed by atoms with Gasteiger partial charge in [0.2, 0.25) is 5.91 Å². The van der Waals surface area contributed by atoms with Crippen molar-refractivity contribution in [2.45, 2.75) is 52.4 Å². The predicted molar refractivity (Wildman–Crippen MR) is 149 cm³/mol. The lowest BCUT2D eigenvalue weighted by molar-refractivity contribution is -0.129.